The van der Waals surface area contributed by atoms with Gasteiger partial charge in [0.15, 0.2) is 0 Å². The van der Waals surface area contributed by atoms with Crippen molar-refractivity contribution >= 4 is 0 Å². The van der Waals surface area contributed by atoms with E-state index in [0.29, 0.717) is 0 Å². The molecule has 3 nitrogen and oxygen atoms in total. The van der Waals surface area contributed by atoms with Crippen LogP contribution in [0.25, 0.3) is 0 Å². The van der Waals surface area contributed by atoms with Gasteiger partial charge in [-0.15, -0.1) is 0 Å². The van der Waals surface area contributed by atoms with Crippen molar-refractivity contribution in [3.63, 3.8) is 0 Å². The first kappa shape index (κ1) is 10.8. The molecule has 0 aliphatic rings. The number of aromatic nitrogens is 2. The third-order valence-corrected chi connectivity index (χ3v) is 2.79. The number of nitrogens with zero attached hydrogens (tertiary/aromatic N) is 2. The number of aryl methyl sites for hydroxylation is 1. The summed E-state index contributed by atoms with van der Waals surface area (Å²) in [6.45, 7) is 3.72. The summed E-state index contributed by atoms with van der Waals surface area (Å²) in [5, 5.41) is 10.6. The van der Waals surface area contributed by atoms with Crippen molar-refractivity contribution in [2.24, 2.45) is 0 Å². The summed E-state index contributed by atoms with van der Waals surface area (Å²) in [5.74, 6) is 0. The largest absolute Gasteiger partial charge is 0.381 e. The Labute approximate surface area is 94.8 Å². The van der Waals surface area contributed by atoms with E-state index in [1.54, 1.807) is 31.7 Å². The Kier molecular flexibility index (Phi) is 2.71. The molecule has 0 spiro atoms. The number of rotatable bonds is 2. The summed E-state index contributed by atoms with van der Waals surface area (Å²) < 4.78 is 0. The number of pyridine rings is 2. The lowest BCUT2D eigenvalue weighted by Gasteiger charge is -2.25. The van der Waals surface area contributed by atoms with E-state index in [2.05, 4.69) is 9.97 Å². The van der Waals surface area contributed by atoms with Crippen LogP contribution >= 0.6 is 0 Å². The van der Waals surface area contributed by atoms with Crippen LogP contribution in [0.5, 0.6) is 0 Å². The highest BCUT2D eigenvalue weighted by molar-refractivity contribution is 5.36. The predicted octanol–water partition coefficient (Wildman–Crippen LogP) is 2.04. The standard InChI is InChI=1S/C13H14N2O/c1-10-5-7-15-9-12(10)13(2,16)11-4-3-6-14-8-11/h3-9,16H,1-2H3. The van der Waals surface area contributed by atoms with Crippen LogP contribution in [0.4, 0.5) is 0 Å². The molecule has 2 aromatic rings. The summed E-state index contributed by atoms with van der Waals surface area (Å²) in [5.41, 5.74) is 1.55. The molecule has 2 rings (SSSR count). The Bertz CT molecular complexity index is 480. The zero-order valence-electron chi connectivity index (χ0n) is 9.38. The molecule has 0 bridgehead atoms. The van der Waals surface area contributed by atoms with Crippen molar-refractivity contribution in [3.05, 3.63) is 59.7 Å². The molecule has 0 saturated heterocycles. The van der Waals surface area contributed by atoms with Crippen LogP contribution in [0.1, 0.15) is 23.6 Å². The third-order valence-electron chi connectivity index (χ3n) is 2.79. The summed E-state index contributed by atoms with van der Waals surface area (Å²) in [4.78, 5) is 8.08. The van der Waals surface area contributed by atoms with E-state index in [9.17, 15) is 5.11 Å². The normalized spacial score (nSPS) is 14.4. The molecule has 0 aromatic carbocycles. The van der Waals surface area contributed by atoms with Crippen LogP contribution in [-0.4, -0.2) is 15.1 Å². The Morgan fingerprint density at radius 2 is 1.88 bits per heavy atom. The van der Waals surface area contributed by atoms with Gasteiger partial charge in [0, 0.05) is 35.9 Å². The van der Waals surface area contributed by atoms with Gasteiger partial charge in [0.2, 0.25) is 0 Å². The minimum absolute atomic E-state index is 0.770. The fraction of sp³-hybridized carbons (Fsp3) is 0.231. The Balaban J connectivity index is 2.51. The lowest BCUT2D eigenvalue weighted by atomic mass is 9.88. The second kappa shape index (κ2) is 4.02. The SMILES string of the molecule is Cc1ccncc1C(C)(O)c1cccnc1. The van der Waals surface area contributed by atoms with Gasteiger partial charge in [0.25, 0.3) is 0 Å². The zero-order valence-corrected chi connectivity index (χ0v) is 9.38. The fourth-order valence-electron chi connectivity index (χ4n) is 1.78. The molecule has 2 aromatic heterocycles. The van der Waals surface area contributed by atoms with Gasteiger partial charge in [-0.3, -0.25) is 9.97 Å². The average molecular weight is 214 g/mol. The van der Waals surface area contributed by atoms with Gasteiger partial charge >= 0.3 is 0 Å². The van der Waals surface area contributed by atoms with Crippen LogP contribution in [0.2, 0.25) is 0 Å². The molecule has 16 heavy (non-hydrogen) atoms. The number of hydrogen-bond acceptors (Lipinski definition) is 3. The minimum Gasteiger partial charge on any atom is -0.381 e. The average Bonchev–Trinajstić information content (AvgIpc) is 2.30. The molecule has 0 radical (unpaired) electrons. The molecule has 1 unspecified atom stereocenters. The monoisotopic (exact) mass is 214 g/mol. The van der Waals surface area contributed by atoms with Gasteiger partial charge in [-0.05, 0) is 31.5 Å². The van der Waals surface area contributed by atoms with E-state index in [1.165, 1.54) is 0 Å². The molecule has 2 heterocycles. The minimum atomic E-state index is -1.05. The van der Waals surface area contributed by atoms with Gasteiger partial charge in [-0.25, -0.2) is 0 Å². The molecule has 0 saturated carbocycles. The van der Waals surface area contributed by atoms with Crippen molar-refractivity contribution in [2.75, 3.05) is 0 Å². The Morgan fingerprint density at radius 3 is 2.50 bits per heavy atom. The zero-order chi connectivity index (χ0) is 11.6. The topological polar surface area (TPSA) is 46.0 Å². The highest BCUT2D eigenvalue weighted by atomic mass is 16.3. The predicted molar refractivity (Wildman–Crippen MR) is 61.9 cm³/mol. The summed E-state index contributed by atoms with van der Waals surface area (Å²) in [6.07, 6.45) is 6.78. The lowest BCUT2D eigenvalue weighted by Crippen LogP contribution is -2.24. The van der Waals surface area contributed by atoms with Crippen LogP contribution < -0.4 is 0 Å². The first-order valence-electron chi connectivity index (χ1n) is 5.16. The first-order chi connectivity index (χ1) is 7.62. The van der Waals surface area contributed by atoms with E-state index in [1.807, 2.05) is 25.1 Å². The van der Waals surface area contributed by atoms with Crippen LogP contribution in [0, 0.1) is 6.92 Å². The van der Waals surface area contributed by atoms with E-state index >= 15 is 0 Å². The van der Waals surface area contributed by atoms with E-state index in [-0.39, 0.29) is 0 Å². The van der Waals surface area contributed by atoms with Gasteiger partial charge in [0.05, 0.1) is 0 Å². The highest BCUT2D eigenvalue weighted by Gasteiger charge is 2.27. The molecule has 82 valence electrons. The number of aliphatic hydroxyl groups is 1. The molecule has 1 atom stereocenters. The summed E-state index contributed by atoms with van der Waals surface area (Å²) in [6, 6.07) is 5.56. The van der Waals surface area contributed by atoms with Crippen molar-refractivity contribution < 1.29 is 5.11 Å². The van der Waals surface area contributed by atoms with Crippen molar-refractivity contribution in [2.45, 2.75) is 19.4 Å². The molecule has 0 fully saturated rings. The Morgan fingerprint density at radius 1 is 1.12 bits per heavy atom. The van der Waals surface area contributed by atoms with Crippen LogP contribution in [0.15, 0.2) is 43.0 Å². The second-order valence-corrected chi connectivity index (χ2v) is 4.00. The van der Waals surface area contributed by atoms with Crippen molar-refractivity contribution in [1.29, 1.82) is 0 Å². The summed E-state index contributed by atoms with van der Waals surface area (Å²) >= 11 is 0. The van der Waals surface area contributed by atoms with Crippen LogP contribution in [-0.2, 0) is 5.60 Å². The second-order valence-electron chi connectivity index (χ2n) is 4.00. The lowest BCUT2D eigenvalue weighted by molar-refractivity contribution is 0.101. The maximum atomic E-state index is 10.6. The smallest absolute Gasteiger partial charge is 0.115 e. The maximum Gasteiger partial charge on any atom is 0.115 e. The number of hydrogen-bond donors (Lipinski definition) is 1. The maximum absolute atomic E-state index is 10.6. The third kappa shape index (κ3) is 1.82. The van der Waals surface area contributed by atoms with Crippen LogP contribution in [0.3, 0.4) is 0 Å². The van der Waals surface area contributed by atoms with Crippen molar-refractivity contribution in [3.8, 4) is 0 Å². The molecule has 3 heteroatoms. The van der Waals surface area contributed by atoms with E-state index in [4.69, 9.17) is 0 Å². The molecule has 0 aliphatic carbocycles. The highest BCUT2D eigenvalue weighted by Crippen LogP contribution is 2.29. The first-order valence-corrected chi connectivity index (χ1v) is 5.16. The van der Waals surface area contributed by atoms with E-state index in [0.717, 1.165) is 16.7 Å². The summed E-state index contributed by atoms with van der Waals surface area (Å²) in [7, 11) is 0. The molecular weight excluding hydrogens is 200 g/mol. The van der Waals surface area contributed by atoms with Gasteiger partial charge in [-0.1, -0.05) is 6.07 Å². The molecular formula is C13H14N2O. The van der Waals surface area contributed by atoms with Gasteiger partial charge < -0.3 is 5.11 Å². The quantitative estimate of drug-likeness (QED) is 0.832. The van der Waals surface area contributed by atoms with E-state index < -0.39 is 5.60 Å². The van der Waals surface area contributed by atoms with Gasteiger partial charge in [0.1, 0.15) is 5.60 Å². The molecule has 1 N–H and O–H groups in total. The fourth-order valence-corrected chi connectivity index (χ4v) is 1.78. The van der Waals surface area contributed by atoms with Gasteiger partial charge in [-0.2, -0.15) is 0 Å². The Hall–Kier alpha value is -1.74. The molecule has 0 aliphatic heterocycles. The van der Waals surface area contributed by atoms with Crippen molar-refractivity contribution in [1.82, 2.24) is 9.97 Å². The molecule has 0 amide bonds.